The third-order valence-electron chi connectivity index (χ3n) is 0.546. The predicted octanol–water partition coefficient (Wildman–Crippen LogP) is -2.28. The average Bonchev–Trinajstić information content (AvgIpc) is 1.65. The molecule has 0 rings (SSSR count). The van der Waals surface area contributed by atoms with Crippen LogP contribution in [0.15, 0.2) is 0 Å². The van der Waals surface area contributed by atoms with E-state index in [9.17, 15) is 9.90 Å². The Balaban J connectivity index is 0. The summed E-state index contributed by atoms with van der Waals surface area (Å²) < 4.78 is -2.22. The largest absolute Gasteiger partial charge is 1.00 e. The summed E-state index contributed by atoms with van der Waals surface area (Å²) in [7, 11) is 0. The minimum absolute atomic E-state index is 0. The van der Waals surface area contributed by atoms with Gasteiger partial charge in [0.05, 0.1) is 5.97 Å². The summed E-state index contributed by atoms with van der Waals surface area (Å²) in [5.74, 6) is -1.71. The van der Waals surface area contributed by atoms with Crippen LogP contribution in [0.1, 0.15) is 0 Å². The first-order valence-electron chi connectivity index (χ1n) is 1.76. The Morgan fingerprint density at radius 1 is 1.40 bits per heavy atom. The Bertz CT molecular complexity index is 126. The number of carbonyl (C=O) groups excluding carboxylic acids is 1. The van der Waals surface area contributed by atoms with Gasteiger partial charge in [-0.3, -0.25) is 0 Å². The number of alkyl halides is 4. The van der Waals surface area contributed by atoms with E-state index in [4.69, 9.17) is 46.4 Å². The van der Waals surface area contributed by atoms with Crippen LogP contribution >= 0.6 is 46.4 Å². The first-order chi connectivity index (χ1) is 3.89. The Kier molecular flexibility index (Phi) is 8.62. The smallest absolute Gasteiger partial charge is 0.547 e. The monoisotopic (exact) mass is 248 g/mol. The molecule has 0 saturated carbocycles. The maximum absolute atomic E-state index is 9.92. The van der Waals surface area contributed by atoms with E-state index in [2.05, 4.69) is 0 Å². The second kappa shape index (κ2) is 5.83. The van der Waals surface area contributed by atoms with Gasteiger partial charge in [-0.1, -0.05) is 23.2 Å². The number of hydrogen-bond donors (Lipinski definition) is 0. The van der Waals surface area contributed by atoms with E-state index in [-0.39, 0.29) is 51.4 Å². The van der Waals surface area contributed by atoms with E-state index in [1.165, 1.54) is 0 Å². The Morgan fingerprint density at radius 3 is 1.70 bits per heavy atom. The molecule has 0 aliphatic carbocycles. The van der Waals surface area contributed by atoms with Gasteiger partial charge in [-0.25, -0.2) is 0 Å². The minimum atomic E-state index is -2.22. The maximum atomic E-state index is 9.92. The summed E-state index contributed by atoms with van der Waals surface area (Å²) in [6.07, 6.45) is 0. The number of aliphatic carboxylic acids is 1. The van der Waals surface area contributed by atoms with Crippen LogP contribution in [0.25, 0.3) is 0 Å². The first kappa shape index (κ1) is 14.8. The van der Waals surface area contributed by atoms with Gasteiger partial charge in [-0.05, 0) is 0 Å². The Hall–Kier alpha value is 2.27. The number of rotatable bonds is 2. The fourth-order valence-electron chi connectivity index (χ4n) is 0.0891. The molecule has 0 amide bonds. The average molecular weight is 250 g/mol. The van der Waals surface area contributed by atoms with Crippen LogP contribution in [0.4, 0.5) is 0 Å². The first-order valence-corrected chi connectivity index (χ1v) is 3.39. The van der Waals surface area contributed by atoms with Gasteiger partial charge in [0.1, 0.15) is 4.84 Å². The molecule has 0 aromatic heterocycles. The van der Waals surface area contributed by atoms with Crippen molar-refractivity contribution in [3.05, 3.63) is 0 Å². The van der Waals surface area contributed by atoms with Crippen molar-refractivity contribution in [3.8, 4) is 0 Å². The molecule has 54 valence electrons. The maximum Gasteiger partial charge on any atom is 1.00 e. The second-order valence-electron chi connectivity index (χ2n) is 1.21. The zero-order valence-electron chi connectivity index (χ0n) is 4.91. The van der Waals surface area contributed by atoms with E-state index >= 15 is 0 Å². The molecule has 0 bridgehead atoms. The molecular weight excluding hydrogens is 249 g/mol. The van der Waals surface area contributed by atoms with Crippen molar-refractivity contribution in [1.29, 1.82) is 0 Å². The molecule has 10 heavy (non-hydrogen) atoms. The summed E-state index contributed by atoms with van der Waals surface area (Å²) in [5, 5.41) is 9.92. The molecular formula is C3HCl4KO2. The zero-order chi connectivity index (χ0) is 7.65. The predicted molar refractivity (Wildman–Crippen MR) is 34.9 cm³/mol. The van der Waals surface area contributed by atoms with E-state index in [1.807, 2.05) is 0 Å². The van der Waals surface area contributed by atoms with Crippen LogP contribution in [0.3, 0.4) is 0 Å². The molecule has 0 unspecified atom stereocenters. The molecule has 0 aromatic carbocycles. The molecule has 2 nitrogen and oxygen atoms in total. The fraction of sp³-hybridized carbons (Fsp3) is 0.667. The van der Waals surface area contributed by atoms with Gasteiger partial charge < -0.3 is 9.90 Å². The Morgan fingerprint density at radius 2 is 1.70 bits per heavy atom. The molecule has 0 heterocycles. The van der Waals surface area contributed by atoms with Crippen molar-refractivity contribution in [1.82, 2.24) is 0 Å². The molecule has 0 fully saturated rings. The topological polar surface area (TPSA) is 40.1 Å². The number of carboxylic acid groups (broad SMARTS) is 1. The van der Waals surface area contributed by atoms with Crippen molar-refractivity contribution in [2.24, 2.45) is 0 Å². The van der Waals surface area contributed by atoms with Crippen LogP contribution in [0.5, 0.6) is 0 Å². The van der Waals surface area contributed by atoms with Gasteiger partial charge in [0.25, 0.3) is 0 Å². The number of carbonyl (C=O) groups is 1. The quantitative estimate of drug-likeness (QED) is 0.409. The molecule has 0 N–H and O–H groups in total. The van der Waals surface area contributed by atoms with Gasteiger partial charge in [-0.15, -0.1) is 23.2 Å². The molecule has 0 aliphatic rings. The van der Waals surface area contributed by atoms with Crippen molar-refractivity contribution in [2.75, 3.05) is 0 Å². The molecule has 0 aliphatic heterocycles. The van der Waals surface area contributed by atoms with E-state index in [1.54, 1.807) is 0 Å². The van der Waals surface area contributed by atoms with Gasteiger partial charge in [0.15, 0.2) is 4.33 Å². The third-order valence-corrected chi connectivity index (χ3v) is 2.39. The number of halogens is 4. The van der Waals surface area contributed by atoms with Gasteiger partial charge >= 0.3 is 51.4 Å². The summed E-state index contributed by atoms with van der Waals surface area (Å²) in [5.41, 5.74) is 0. The molecule has 7 heteroatoms. The van der Waals surface area contributed by atoms with E-state index < -0.39 is 15.1 Å². The summed E-state index contributed by atoms with van der Waals surface area (Å²) in [4.78, 5) is 8.52. The molecule has 0 spiro atoms. The van der Waals surface area contributed by atoms with Crippen molar-refractivity contribution in [3.63, 3.8) is 0 Å². The molecule has 0 atom stereocenters. The van der Waals surface area contributed by atoms with Gasteiger partial charge in [0.2, 0.25) is 0 Å². The molecule has 0 aromatic rings. The third kappa shape index (κ3) is 4.33. The minimum Gasteiger partial charge on any atom is -0.547 e. The summed E-state index contributed by atoms with van der Waals surface area (Å²) in [6, 6.07) is 0. The molecule has 0 radical (unpaired) electrons. The SMILES string of the molecule is O=C([O-])C(Cl)(Cl)C(Cl)Cl.[K+]. The van der Waals surface area contributed by atoms with Crippen LogP contribution < -0.4 is 56.5 Å². The number of hydrogen-bond acceptors (Lipinski definition) is 2. The normalized spacial score (nSPS) is 10.9. The fourth-order valence-corrected chi connectivity index (χ4v) is 0.267. The summed E-state index contributed by atoms with van der Waals surface area (Å²) >= 11 is 20.2. The van der Waals surface area contributed by atoms with Crippen LogP contribution in [-0.4, -0.2) is 15.1 Å². The van der Waals surface area contributed by atoms with Crippen molar-refractivity contribution in [2.45, 2.75) is 9.17 Å². The van der Waals surface area contributed by atoms with Crippen molar-refractivity contribution >= 4 is 52.4 Å². The second-order valence-corrected chi connectivity index (χ2v) is 3.69. The van der Waals surface area contributed by atoms with Gasteiger partial charge in [0, 0.05) is 0 Å². The number of carboxylic acids is 1. The van der Waals surface area contributed by atoms with E-state index in [0.717, 1.165) is 0 Å². The zero-order valence-corrected chi connectivity index (χ0v) is 11.1. The Labute approximate surface area is 121 Å². The van der Waals surface area contributed by atoms with Crippen LogP contribution in [0, 0.1) is 0 Å². The summed E-state index contributed by atoms with van der Waals surface area (Å²) in [6.45, 7) is 0. The van der Waals surface area contributed by atoms with Crippen molar-refractivity contribution < 1.29 is 61.3 Å². The molecule has 0 saturated heterocycles. The van der Waals surface area contributed by atoms with Crippen LogP contribution in [-0.2, 0) is 4.79 Å². The van der Waals surface area contributed by atoms with Crippen LogP contribution in [0.2, 0.25) is 0 Å². The van der Waals surface area contributed by atoms with E-state index in [0.29, 0.717) is 0 Å². The van der Waals surface area contributed by atoms with Gasteiger partial charge in [-0.2, -0.15) is 0 Å². The standard InChI is InChI=1S/C3H2Cl4O2.K/c4-1(5)3(6,7)2(8)9;/h1H,(H,8,9);/q;+1/p-1.